The molecule has 0 atom stereocenters. The number of hydrogen-bond donors (Lipinski definition) is 1. The number of para-hydroxylation sites is 2. The minimum absolute atomic E-state index is 0. The molecule has 5 heteroatoms. The third-order valence-electron chi connectivity index (χ3n) is 11.6. The number of rotatable bonds is 7. The van der Waals surface area contributed by atoms with Crippen LogP contribution in [-0.2, 0) is 31.9 Å². The summed E-state index contributed by atoms with van der Waals surface area (Å²) in [7, 11) is 0. The van der Waals surface area contributed by atoms with E-state index in [0.29, 0.717) is 33.8 Å². The number of aromatic nitrogens is 3. The smallest absolute Gasteiger partial charge is 0.148 e. The number of pyridine rings is 1. The Hall–Kier alpha value is -6.35. The molecule has 0 aliphatic rings. The summed E-state index contributed by atoms with van der Waals surface area (Å²) in [4.78, 5) is 10.1. The van der Waals surface area contributed by atoms with E-state index >= 15 is 0 Å². The Morgan fingerprint density at radius 2 is 1.29 bits per heavy atom. The monoisotopic (exact) mass is 1010 g/mol. The maximum Gasteiger partial charge on any atom is 0.148 e. The molecule has 0 amide bonds. The number of imidazole rings is 1. The first kappa shape index (κ1) is 36.2. The number of fused-ring (bicyclic) bond motifs is 1. The van der Waals surface area contributed by atoms with Crippen LogP contribution in [0.1, 0.15) is 72.0 Å². The first-order valence-electron chi connectivity index (χ1n) is 24.0. The van der Waals surface area contributed by atoms with Gasteiger partial charge in [-0.1, -0.05) is 167 Å². The minimum Gasteiger partial charge on any atom is -0.507 e. The van der Waals surface area contributed by atoms with Crippen LogP contribution in [0.3, 0.4) is 0 Å². The van der Waals surface area contributed by atoms with E-state index in [2.05, 4.69) is 90.1 Å². The Morgan fingerprint density at radius 1 is 0.587 bits per heavy atom. The molecule has 0 saturated carbocycles. The van der Waals surface area contributed by atoms with Crippen LogP contribution >= 0.6 is 0 Å². The molecule has 0 fully saturated rings. The molecule has 1 N–H and O–H groups in total. The number of benzene rings is 7. The molecule has 9 aromatic rings. The zero-order chi connectivity index (χ0) is 48.3. The van der Waals surface area contributed by atoms with Gasteiger partial charge in [0.25, 0.3) is 0 Å². The van der Waals surface area contributed by atoms with Crippen molar-refractivity contribution in [2.24, 2.45) is 0 Å². The molecular formula is C58H52N3OPt-. The van der Waals surface area contributed by atoms with Crippen LogP contribution < -0.4 is 0 Å². The van der Waals surface area contributed by atoms with Gasteiger partial charge in [-0.25, -0.2) is 4.98 Å². The van der Waals surface area contributed by atoms with E-state index in [1.54, 1.807) is 42.6 Å². The third-order valence-corrected chi connectivity index (χ3v) is 11.6. The van der Waals surface area contributed by atoms with E-state index < -0.39 is 13.7 Å². The number of nitrogens with zero attached hydrogens (tertiary/aromatic N) is 3. The zero-order valence-corrected chi connectivity index (χ0v) is 38.5. The first-order chi connectivity index (χ1) is 32.2. The number of aromatic hydroxyl groups is 1. The summed E-state index contributed by atoms with van der Waals surface area (Å²) in [5, 5.41) is 11.5. The minimum atomic E-state index is -2.55. The second-order valence-corrected chi connectivity index (χ2v) is 18.0. The normalized spacial score (nSPS) is 13.6. The van der Waals surface area contributed by atoms with Crippen LogP contribution in [0.4, 0.5) is 0 Å². The fourth-order valence-electron chi connectivity index (χ4n) is 8.34. The van der Waals surface area contributed by atoms with Gasteiger partial charge < -0.3 is 5.11 Å². The van der Waals surface area contributed by atoms with E-state index in [4.69, 9.17) is 18.2 Å². The predicted octanol–water partition coefficient (Wildman–Crippen LogP) is 15.1. The Morgan fingerprint density at radius 3 is 2.02 bits per heavy atom. The van der Waals surface area contributed by atoms with Crippen LogP contribution in [0.5, 0.6) is 5.75 Å². The van der Waals surface area contributed by atoms with Crippen molar-refractivity contribution in [3.8, 4) is 78.6 Å². The summed E-state index contributed by atoms with van der Waals surface area (Å²) in [5.74, 6) is 0.391. The van der Waals surface area contributed by atoms with Crippen molar-refractivity contribution in [1.29, 1.82) is 0 Å². The molecule has 0 unspecified atom stereocenters. The second-order valence-electron chi connectivity index (χ2n) is 18.0. The molecule has 2 heterocycles. The van der Waals surface area contributed by atoms with E-state index in [1.807, 2.05) is 83.4 Å². The van der Waals surface area contributed by atoms with Crippen molar-refractivity contribution in [2.75, 3.05) is 0 Å². The van der Waals surface area contributed by atoms with Gasteiger partial charge in [0.05, 0.1) is 22.3 Å². The van der Waals surface area contributed by atoms with Gasteiger partial charge in [0.15, 0.2) is 0 Å². The summed E-state index contributed by atoms with van der Waals surface area (Å²) in [6, 6.07) is 53.7. The molecule has 0 bridgehead atoms. The summed E-state index contributed by atoms with van der Waals surface area (Å²) in [6.45, 7) is 8.22. The van der Waals surface area contributed by atoms with Crippen LogP contribution in [0.15, 0.2) is 164 Å². The quantitative estimate of drug-likeness (QED) is 0.162. The number of phenols is 1. The van der Waals surface area contributed by atoms with Crippen molar-refractivity contribution in [1.82, 2.24) is 14.5 Å². The SMILES string of the molecule is [2H]C([2H])([2H])c1ccc(-c2ccnc(-c3[c-]c(-c4cccc5c4nc(-c4ccccc4O)n5-c4ccc(-c5c(-c6ccccc6)cccc5C(C)(C)C)cc4C([2H])([2H])[2H])cc(C(C)(C)C)c3)c2)cc1.[Pt]. The average Bonchev–Trinajstić information content (AvgIpc) is 3.70. The van der Waals surface area contributed by atoms with E-state index in [0.717, 1.165) is 61.2 Å². The first-order valence-corrected chi connectivity index (χ1v) is 21.0. The van der Waals surface area contributed by atoms with Crippen LogP contribution in [-0.4, -0.2) is 19.6 Å². The van der Waals surface area contributed by atoms with Crippen LogP contribution in [0, 0.1) is 19.8 Å². The summed E-state index contributed by atoms with van der Waals surface area (Å²) >= 11 is 0. The molecule has 0 aliphatic heterocycles. The maximum absolute atomic E-state index is 11.5. The molecule has 316 valence electrons. The Balaban J connectivity index is 0.00000642. The zero-order valence-electron chi connectivity index (χ0n) is 42.2. The molecule has 0 saturated heterocycles. The number of aryl methyl sites for hydroxylation is 2. The standard InChI is InChI=1S/C58H52N3O.Pt/c1-37-24-26-39(27-25-37)41-30-31-59-50(36-41)44-33-43(34-45(35-44)57(3,4)5)47-20-15-22-52-55(47)60-56(48-18-12-13-23-53(48)62)61(52)51-29-28-42(32-38(51)2)54-46(40-16-10-9-11-17-40)19-14-21-49(54)58(6,7)8;/h9-32,34-36,62H,1-8H3;/q-1;/i1D3,2D3;. The fraction of sp³-hybridized carbons (Fsp3) is 0.172. The maximum atomic E-state index is 11.5. The van der Waals surface area contributed by atoms with Crippen LogP contribution in [0.25, 0.3) is 83.9 Å². The molecule has 4 nitrogen and oxygen atoms in total. The average molecular weight is 1010 g/mol. The van der Waals surface area contributed by atoms with Gasteiger partial charge in [-0.2, -0.15) is 0 Å². The van der Waals surface area contributed by atoms with Gasteiger partial charge in [-0.15, -0.1) is 29.3 Å². The van der Waals surface area contributed by atoms with Gasteiger partial charge in [0.2, 0.25) is 0 Å². The van der Waals surface area contributed by atoms with Crippen LogP contribution in [0.2, 0.25) is 0 Å². The number of phenolic OH excluding ortho intramolecular Hbond substituents is 1. The van der Waals surface area contributed by atoms with E-state index in [1.165, 1.54) is 0 Å². The molecule has 0 aliphatic carbocycles. The molecule has 0 radical (unpaired) electrons. The Kier molecular flexibility index (Phi) is 9.80. The Bertz CT molecular complexity index is 3340. The van der Waals surface area contributed by atoms with Gasteiger partial charge in [-0.3, -0.25) is 9.55 Å². The van der Waals surface area contributed by atoms with Crippen molar-refractivity contribution >= 4 is 11.0 Å². The summed E-state index contributed by atoms with van der Waals surface area (Å²) < 4.78 is 52.6. The third kappa shape index (κ3) is 8.45. The predicted molar refractivity (Wildman–Crippen MR) is 259 cm³/mol. The van der Waals surface area contributed by atoms with Crippen molar-refractivity contribution < 1.29 is 34.4 Å². The van der Waals surface area contributed by atoms with Gasteiger partial charge >= 0.3 is 0 Å². The van der Waals surface area contributed by atoms with Gasteiger partial charge in [0.1, 0.15) is 11.6 Å². The topological polar surface area (TPSA) is 50.9 Å². The van der Waals surface area contributed by atoms with Crippen molar-refractivity contribution in [3.05, 3.63) is 192 Å². The largest absolute Gasteiger partial charge is 0.507 e. The van der Waals surface area contributed by atoms with E-state index in [9.17, 15) is 5.11 Å². The molecule has 9 rings (SSSR count). The van der Waals surface area contributed by atoms with Gasteiger partial charge in [0, 0.05) is 41.2 Å². The Labute approximate surface area is 395 Å². The van der Waals surface area contributed by atoms with E-state index in [-0.39, 0.29) is 48.8 Å². The molecule has 0 spiro atoms. The van der Waals surface area contributed by atoms with Gasteiger partial charge in [-0.05, 0) is 105 Å². The summed E-state index contributed by atoms with van der Waals surface area (Å²) in [6.07, 6.45) is 1.75. The van der Waals surface area contributed by atoms with Crippen molar-refractivity contribution in [3.63, 3.8) is 0 Å². The molecule has 2 aromatic heterocycles. The fourth-order valence-corrected chi connectivity index (χ4v) is 8.34. The second kappa shape index (κ2) is 17.1. The molecular weight excluding hydrogens is 950 g/mol. The molecule has 7 aromatic carbocycles. The number of hydrogen-bond acceptors (Lipinski definition) is 3. The summed E-state index contributed by atoms with van der Waals surface area (Å²) in [5.41, 5.74) is 12.6. The van der Waals surface area contributed by atoms with Crippen molar-refractivity contribution in [2.45, 2.75) is 66.1 Å². The molecule has 63 heavy (non-hydrogen) atoms.